The lowest BCUT2D eigenvalue weighted by Crippen LogP contribution is -2.44. The molecule has 2 N–H and O–H groups in total. The minimum atomic E-state index is -1.16. The second kappa shape index (κ2) is 6.27. The monoisotopic (exact) mass is 327 g/mol. The minimum Gasteiger partial charge on any atom is -0.398 e. The Kier molecular flexibility index (Phi) is 4.57. The lowest BCUT2D eigenvalue weighted by Gasteiger charge is -2.43. The maximum absolute atomic E-state index is 13.0. The molecule has 3 rings (SSSR count). The van der Waals surface area contributed by atoms with Crippen molar-refractivity contribution in [2.75, 3.05) is 12.3 Å². The van der Waals surface area contributed by atoms with Crippen molar-refractivity contribution in [3.63, 3.8) is 0 Å². The topological polar surface area (TPSA) is 52.3 Å². The summed E-state index contributed by atoms with van der Waals surface area (Å²) in [5, 5.41) is 0.608. The molecule has 0 amide bonds. The van der Waals surface area contributed by atoms with Crippen molar-refractivity contribution in [1.29, 1.82) is 0 Å². The predicted molar refractivity (Wildman–Crippen MR) is 87.1 cm³/mol. The third kappa shape index (κ3) is 3.13. The van der Waals surface area contributed by atoms with Crippen molar-refractivity contribution >= 4 is 28.1 Å². The smallest absolute Gasteiger partial charge is 0.0806 e. The fraction of sp³-hybridized carbons (Fsp3) is 0.625. The Morgan fingerprint density at radius 2 is 2.05 bits per heavy atom. The summed E-state index contributed by atoms with van der Waals surface area (Å²) in [6, 6.07) is 5.33. The first-order valence-electron chi connectivity index (χ1n) is 7.70. The quantitative estimate of drug-likeness (QED) is 0.838. The molecule has 2 aliphatic rings. The molecule has 5 heteroatoms. The second-order valence-electron chi connectivity index (χ2n) is 6.16. The summed E-state index contributed by atoms with van der Waals surface area (Å²) < 4.78 is 19.0. The molecule has 0 radical (unpaired) electrons. The fourth-order valence-electron chi connectivity index (χ4n) is 3.61. The number of hydrogen-bond acceptors (Lipinski definition) is 3. The molecule has 0 aromatic heterocycles. The maximum atomic E-state index is 13.0. The van der Waals surface area contributed by atoms with Crippen LogP contribution >= 0.6 is 11.6 Å². The van der Waals surface area contributed by atoms with Gasteiger partial charge in [-0.15, -0.1) is 0 Å². The SMILES string of the molecule is Nc1cccc(Cl)c1S(=O)C1CCOC2(CCCCC2)C1. The normalized spacial score (nSPS) is 26.6. The van der Waals surface area contributed by atoms with Gasteiger partial charge >= 0.3 is 0 Å². The minimum absolute atomic E-state index is 0.0488. The average Bonchev–Trinajstić information content (AvgIpc) is 2.48. The largest absolute Gasteiger partial charge is 0.398 e. The summed E-state index contributed by atoms with van der Waals surface area (Å²) in [7, 11) is -1.16. The van der Waals surface area contributed by atoms with Gasteiger partial charge in [0, 0.05) is 17.5 Å². The van der Waals surface area contributed by atoms with E-state index in [4.69, 9.17) is 22.1 Å². The summed E-state index contributed by atoms with van der Waals surface area (Å²) >= 11 is 6.22. The number of nitrogen functional groups attached to an aromatic ring is 1. The molecule has 1 aliphatic heterocycles. The van der Waals surface area contributed by atoms with Crippen molar-refractivity contribution in [1.82, 2.24) is 0 Å². The molecule has 2 atom stereocenters. The number of hydrogen-bond donors (Lipinski definition) is 1. The molecule has 0 bridgehead atoms. The van der Waals surface area contributed by atoms with Gasteiger partial charge in [0.05, 0.1) is 26.3 Å². The first kappa shape index (κ1) is 15.3. The lowest BCUT2D eigenvalue weighted by molar-refractivity contribution is -0.0975. The highest BCUT2D eigenvalue weighted by Gasteiger charge is 2.41. The van der Waals surface area contributed by atoms with Gasteiger partial charge in [0.2, 0.25) is 0 Å². The van der Waals surface area contributed by atoms with Crippen LogP contribution < -0.4 is 5.73 Å². The van der Waals surface area contributed by atoms with Crippen LogP contribution in [-0.4, -0.2) is 21.7 Å². The molecule has 3 nitrogen and oxygen atoms in total. The number of rotatable bonds is 2. The van der Waals surface area contributed by atoms with Crippen molar-refractivity contribution in [2.45, 2.75) is 60.7 Å². The van der Waals surface area contributed by atoms with E-state index in [1.807, 2.05) is 0 Å². The van der Waals surface area contributed by atoms with Crippen LogP contribution in [0.1, 0.15) is 44.9 Å². The number of halogens is 1. The van der Waals surface area contributed by atoms with E-state index in [-0.39, 0.29) is 10.9 Å². The number of ether oxygens (including phenoxy) is 1. The Labute approximate surface area is 133 Å². The van der Waals surface area contributed by atoms with Crippen molar-refractivity contribution in [2.24, 2.45) is 0 Å². The van der Waals surface area contributed by atoms with E-state index in [0.29, 0.717) is 22.2 Å². The Bertz CT molecular complexity index is 517. The lowest BCUT2D eigenvalue weighted by atomic mass is 9.80. The molecular weight excluding hydrogens is 306 g/mol. The van der Waals surface area contributed by atoms with Gasteiger partial charge in [-0.3, -0.25) is 4.21 Å². The van der Waals surface area contributed by atoms with E-state index >= 15 is 0 Å². The number of anilines is 1. The predicted octanol–water partition coefficient (Wildman–Crippen LogP) is 3.91. The van der Waals surface area contributed by atoms with Crippen LogP contribution in [0.15, 0.2) is 23.1 Å². The zero-order valence-corrected chi connectivity index (χ0v) is 13.7. The molecule has 21 heavy (non-hydrogen) atoms. The summed E-state index contributed by atoms with van der Waals surface area (Å²) in [5.41, 5.74) is 6.47. The van der Waals surface area contributed by atoms with Crippen LogP contribution in [-0.2, 0) is 15.5 Å². The van der Waals surface area contributed by atoms with Gasteiger partial charge in [-0.05, 0) is 37.8 Å². The molecule has 1 heterocycles. The molecule has 2 unspecified atom stereocenters. The van der Waals surface area contributed by atoms with Gasteiger partial charge in [-0.2, -0.15) is 0 Å². The molecule has 1 saturated carbocycles. The molecular formula is C16H22ClNO2S. The zero-order chi connectivity index (χ0) is 14.9. The number of benzene rings is 1. The molecule has 2 fully saturated rings. The average molecular weight is 328 g/mol. The summed E-state index contributed by atoms with van der Waals surface area (Å²) in [4.78, 5) is 0.608. The van der Waals surface area contributed by atoms with Gasteiger partial charge in [0.25, 0.3) is 0 Å². The van der Waals surface area contributed by atoms with Gasteiger partial charge in [-0.1, -0.05) is 36.9 Å². The summed E-state index contributed by atoms with van der Waals surface area (Å²) in [5.74, 6) is 0. The van der Waals surface area contributed by atoms with Crippen LogP contribution in [0.3, 0.4) is 0 Å². The standard InChI is InChI=1S/C16H22ClNO2S/c17-13-5-4-6-14(18)15(13)21(19)12-7-10-20-16(11-12)8-2-1-3-9-16/h4-6,12H,1-3,7-11,18H2. The highest BCUT2D eigenvalue weighted by molar-refractivity contribution is 7.86. The Hall–Kier alpha value is -0.580. The van der Waals surface area contributed by atoms with E-state index < -0.39 is 10.8 Å². The van der Waals surface area contributed by atoms with E-state index in [2.05, 4.69) is 0 Å². The first-order valence-corrected chi connectivity index (χ1v) is 9.29. The van der Waals surface area contributed by atoms with E-state index in [1.54, 1.807) is 18.2 Å². The Morgan fingerprint density at radius 3 is 2.76 bits per heavy atom. The molecule has 1 saturated heterocycles. The van der Waals surface area contributed by atoms with Gasteiger partial charge in [-0.25, -0.2) is 0 Å². The number of nitrogens with two attached hydrogens (primary N) is 1. The second-order valence-corrected chi connectivity index (χ2v) is 8.24. The van der Waals surface area contributed by atoms with E-state index in [1.165, 1.54) is 19.3 Å². The first-order chi connectivity index (χ1) is 10.1. The van der Waals surface area contributed by atoms with Crippen LogP contribution in [0, 0.1) is 0 Å². The van der Waals surface area contributed by atoms with Gasteiger partial charge in [0.15, 0.2) is 0 Å². The highest BCUT2D eigenvalue weighted by atomic mass is 35.5. The van der Waals surface area contributed by atoms with E-state index in [0.717, 1.165) is 25.7 Å². The van der Waals surface area contributed by atoms with Crippen molar-refractivity contribution in [3.8, 4) is 0 Å². The highest BCUT2D eigenvalue weighted by Crippen LogP contribution is 2.41. The molecule has 1 spiro atoms. The van der Waals surface area contributed by atoms with E-state index in [9.17, 15) is 4.21 Å². The summed E-state index contributed by atoms with van der Waals surface area (Å²) in [6.45, 7) is 0.695. The van der Waals surface area contributed by atoms with Crippen LogP contribution in [0.5, 0.6) is 0 Å². The van der Waals surface area contributed by atoms with Gasteiger partial charge < -0.3 is 10.5 Å². The Balaban J connectivity index is 1.81. The third-order valence-corrected chi connectivity index (χ3v) is 7.01. The maximum Gasteiger partial charge on any atom is 0.0806 e. The fourth-order valence-corrected chi connectivity index (χ4v) is 5.68. The van der Waals surface area contributed by atoms with Gasteiger partial charge in [0.1, 0.15) is 0 Å². The van der Waals surface area contributed by atoms with Crippen LogP contribution in [0.25, 0.3) is 0 Å². The molecule has 116 valence electrons. The van der Waals surface area contributed by atoms with Crippen molar-refractivity contribution < 1.29 is 8.95 Å². The zero-order valence-electron chi connectivity index (χ0n) is 12.1. The molecule has 1 aliphatic carbocycles. The third-order valence-electron chi connectivity index (χ3n) is 4.71. The van der Waals surface area contributed by atoms with Crippen molar-refractivity contribution in [3.05, 3.63) is 23.2 Å². The summed E-state index contributed by atoms with van der Waals surface area (Å²) in [6.07, 6.45) is 7.60. The Morgan fingerprint density at radius 1 is 1.29 bits per heavy atom. The molecule has 1 aromatic carbocycles. The van der Waals surface area contributed by atoms with Crippen LogP contribution in [0.4, 0.5) is 5.69 Å². The van der Waals surface area contributed by atoms with Crippen LogP contribution in [0.2, 0.25) is 5.02 Å². The molecule has 1 aromatic rings.